The minimum Gasteiger partial charge on any atom is -0.405 e. The Kier molecular flexibility index (Phi) is 8.02. The number of nitrogens with zero attached hydrogens (tertiary/aromatic N) is 2. The molecule has 0 aliphatic heterocycles. The average Bonchev–Trinajstić information content (AvgIpc) is 2.62. The number of anilines is 2. The van der Waals surface area contributed by atoms with E-state index in [1.165, 1.54) is 0 Å². The molecule has 2 aromatic carbocycles. The van der Waals surface area contributed by atoms with Crippen molar-refractivity contribution in [1.29, 1.82) is 0 Å². The van der Waals surface area contributed by atoms with Crippen molar-refractivity contribution in [2.45, 2.75) is 39.5 Å². The predicted octanol–water partition coefficient (Wildman–Crippen LogP) is 6.89. The van der Waals surface area contributed by atoms with Crippen molar-refractivity contribution in [1.82, 2.24) is 0 Å². The molecule has 0 unspecified atom stereocenters. The highest BCUT2D eigenvalue weighted by Gasteiger charge is 2.29. The fourth-order valence-corrected chi connectivity index (χ4v) is 3.93. The van der Waals surface area contributed by atoms with Gasteiger partial charge in [0.2, 0.25) is 8.32 Å². The van der Waals surface area contributed by atoms with Gasteiger partial charge in [0.15, 0.2) is 0 Å². The topological polar surface area (TPSA) is 24.8 Å². The van der Waals surface area contributed by atoms with Crippen LogP contribution in [0.4, 0.5) is 11.4 Å². The first-order chi connectivity index (χ1) is 12.8. The number of hydrogen-bond acceptors (Lipinski definition) is 3. The van der Waals surface area contributed by atoms with Gasteiger partial charge < -0.3 is 4.43 Å². The van der Waals surface area contributed by atoms with Crippen LogP contribution in [0.3, 0.4) is 0 Å². The summed E-state index contributed by atoms with van der Waals surface area (Å²) in [6, 6.07) is 20.3. The molecule has 0 bridgehead atoms. The van der Waals surface area contributed by atoms with Gasteiger partial charge in [0.1, 0.15) is 0 Å². The van der Waals surface area contributed by atoms with Gasteiger partial charge in [0, 0.05) is 4.11 Å². The van der Waals surface area contributed by atoms with Crippen LogP contribution in [0, 0.1) is 5.92 Å². The zero-order valence-electron chi connectivity index (χ0n) is 16.6. The van der Waals surface area contributed by atoms with Gasteiger partial charge in [0.05, 0.1) is 23.7 Å². The molecule has 0 fully saturated rings. The lowest BCUT2D eigenvalue weighted by molar-refractivity contribution is 0.236. The van der Waals surface area contributed by atoms with Crippen LogP contribution in [0.2, 0.25) is 13.1 Å². The maximum Gasteiger partial charge on any atom is 0.225 e. The predicted molar refractivity (Wildman–Crippen MR) is 123 cm³/mol. The number of halogens is 1. The molecule has 5 heteroatoms. The van der Waals surface area contributed by atoms with Crippen LogP contribution in [0.25, 0.3) is 0 Å². The van der Waals surface area contributed by atoms with Crippen LogP contribution in [0.1, 0.15) is 20.3 Å². The maximum absolute atomic E-state index is 6.45. The van der Waals surface area contributed by atoms with E-state index in [0.29, 0.717) is 5.92 Å². The quantitative estimate of drug-likeness (QED) is 0.238. The van der Waals surface area contributed by atoms with Gasteiger partial charge in [-0.25, -0.2) is 5.01 Å². The molecule has 0 aromatic heterocycles. The molecular weight excluding hydrogens is 416 g/mol. The van der Waals surface area contributed by atoms with Crippen molar-refractivity contribution in [3.8, 4) is 0 Å². The smallest absolute Gasteiger partial charge is 0.225 e. The molecule has 2 rings (SSSR count). The number of para-hydroxylation sites is 2. The molecule has 0 heterocycles. The van der Waals surface area contributed by atoms with Crippen LogP contribution < -0.4 is 5.01 Å². The standard InChI is InChI=1S/C22H29BrN2OSi/c1-18(2)16-22(26-27(4,5)19(3)23)17-24-25(20-12-8-6-9-13-20)21-14-10-7-11-15-21/h6-15,17-18,22H,3,16H2,1-2,4-5H3/b24-17+/t22-/m0/s1. The van der Waals surface area contributed by atoms with Crippen molar-refractivity contribution in [3.05, 3.63) is 71.3 Å². The van der Waals surface area contributed by atoms with Gasteiger partial charge in [-0.1, -0.05) is 72.8 Å². The first-order valence-electron chi connectivity index (χ1n) is 9.26. The summed E-state index contributed by atoms with van der Waals surface area (Å²) in [6.45, 7) is 12.8. The molecule has 27 heavy (non-hydrogen) atoms. The second-order valence-corrected chi connectivity index (χ2v) is 13.0. The fourth-order valence-electron chi connectivity index (χ4n) is 2.61. The Morgan fingerprint density at radius 3 is 1.96 bits per heavy atom. The van der Waals surface area contributed by atoms with Crippen LogP contribution in [-0.4, -0.2) is 20.6 Å². The summed E-state index contributed by atoms with van der Waals surface area (Å²) in [5.41, 5.74) is 2.04. The van der Waals surface area contributed by atoms with E-state index in [1.54, 1.807) is 0 Å². The molecule has 2 aromatic rings. The second-order valence-electron chi connectivity index (χ2n) is 7.45. The van der Waals surface area contributed by atoms with E-state index >= 15 is 0 Å². The van der Waals surface area contributed by atoms with Crippen LogP contribution in [0.5, 0.6) is 0 Å². The average molecular weight is 445 g/mol. The Morgan fingerprint density at radius 1 is 1.07 bits per heavy atom. The lowest BCUT2D eigenvalue weighted by Crippen LogP contribution is -2.37. The van der Waals surface area contributed by atoms with Gasteiger partial charge in [0.25, 0.3) is 0 Å². The van der Waals surface area contributed by atoms with E-state index < -0.39 is 8.32 Å². The fraction of sp³-hybridized carbons (Fsp3) is 0.318. The molecule has 3 nitrogen and oxygen atoms in total. The van der Waals surface area contributed by atoms with Crippen molar-refractivity contribution < 1.29 is 4.43 Å². The minimum absolute atomic E-state index is 0.0594. The lowest BCUT2D eigenvalue weighted by Gasteiger charge is -2.28. The Balaban J connectivity index is 2.31. The molecule has 1 atom stereocenters. The van der Waals surface area contributed by atoms with Crippen molar-refractivity contribution >= 4 is 41.8 Å². The largest absolute Gasteiger partial charge is 0.405 e. The van der Waals surface area contributed by atoms with Crippen LogP contribution in [-0.2, 0) is 4.43 Å². The SMILES string of the molecule is C=C(Br)[Si](C)(C)O[C@H](/C=N/N(c1ccccc1)c1ccccc1)CC(C)C. The zero-order valence-corrected chi connectivity index (χ0v) is 19.2. The molecule has 0 aliphatic rings. The molecule has 0 N–H and O–H groups in total. The highest BCUT2D eigenvalue weighted by atomic mass is 79.9. The molecule has 0 saturated carbocycles. The summed E-state index contributed by atoms with van der Waals surface area (Å²) in [5.74, 6) is 0.511. The summed E-state index contributed by atoms with van der Waals surface area (Å²) in [7, 11) is -2.03. The Hall–Kier alpha value is -1.69. The number of hydrogen-bond donors (Lipinski definition) is 0. The molecular formula is C22H29BrN2OSi. The Labute approximate surface area is 173 Å². The van der Waals surface area contributed by atoms with E-state index in [9.17, 15) is 0 Å². The third kappa shape index (κ3) is 6.76. The lowest BCUT2D eigenvalue weighted by atomic mass is 10.1. The third-order valence-corrected chi connectivity index (χ3v) is 9.22. The molecule has 0 spiro atoms. The van der Waals surface area contributed by atoms with Crippen LogP contribution >= 0.6 is 15.9 Å². The molecule has 0 saturated heterocycles. The molecule has 0 aliphatic carbocycles. The van der Waals surface area contributed by atoms with E-state index in [0.717, 1.165) is 21.9 Å². The third-order valence-electron chi connectivity index (χ3n) is 4.15. The van der Waals surface area contributed by atoms with Gasteiger partial charge in [-0.15, -0.1) is 0 Å². The second kappa shape index (κ2) is 10.0. The highest BCUT2D eigenvalue weighted by Crippen LogP contribution is 2.26. The Bertz CT molecular complexity index is 708. The summed E-state index contributed by atoms with van der Waals surface area (Å²) in [5, 5.41) is 6.77. The summed E-state index contributed by atoms with van der Waals surface area (Å²) >= 11 is 3.53. The summed E-state index contributed by atoms with van der Waals surface area (Å²) in [6.07, 6.45) is 2.79. The first kappa shape index (κ1) is 21.6. The summed E-state index contributed by atoms with van der Waals surface area (Å²) < 4.78 is 7.41. The molecule has 0 amide bonds. The Morgan fingerprint density at radius 2 is 1.56 bits per heavy atom. The molecule has 144 valence electrons. The van der Waals surface area contributed by atoms with E-state index in [2.05, 4.69) is 73.7 Å². The van der Waals surface area contributed by atoms with Crippen molar-refractivity contribution in [2.75, 3.05) is 5.01 Å². The first-order valence-corrected chi connectivity index (χ1v) is 13.0. The van der Waals surface area contributed by atoms with Crippen molar-refractivity contribution in [2.24, 2.45) is 11.0 Å². The van der Waals surface area contributed by atoms with Gasteiger partial charge in [-0.2, -0.15) is 5.10 Å². The number of rotatable bonds is 9. The minimum atomic E-state index is -2.03. The van der Waals surface area contributed by atoms with Gasteiger partial charge in [-0.3, -0.25) is 0 Å². The van der Waals surface area contributed by atoms with Crippen molar-refractivity contribution in [3.63, 3.8) is 0 Å². The number of benzene rings is 2. The van der Waals surface area contributed by atoms with Gasteiger partial charge in [-0.05, 0) is 49.7 Å². The highest BCUT2D eigenvalue weighted by molar-refractivity contribution is 9.12. The maximum atomic E-state index is 6.45. The van der Waals surface area contributed by atoms with E-state index in [-0.39, 0.29) is 6.10 Å². The normalized spacial score (nSPS) is 13.1. The van der Waals surface area contributed by atoms with Gasteiger partial charge >= 0.3 is 0 Å². The number of hydrazone groups is 1. The monoisotopic (exact) mass is 444 g/mol. The van der Waals surface area contributed by atoms with E-state index in [4.69, 9.17) is 9.53 Å². The zero-order chi connectivity index (χ0) is 19.9. The molecule has 0 radical (unpaired) electrons. The van der Waals surface area contributed by atoms with Crippen LogP contribution in [0.15, 0.2) is 76.4 Å². The van der Waals surface area contributed by atoms with E-state index in [1.807, 2.05) is 47.6 Å². The summed E-state index contributed by atoms with van der Waals surface area (Å²) in [4.78, 5) is 0.